The molecule has 0 aliphatic heterocycles. The summed E-state index contributed by atoms with van der Waals surface area (Å²) in [6, 6.07) is 0. The first-order chi connectivity index (χ1) is 5.00. The minimum atomic E-state index is 0.457. The summed E-state index contributed by atoms with van der Waals surface area (Å²) in [5.41, 5.74) is 8.72. The van der Waals surface area contributed by atoms with E-state index in [0.29, 0.717) is 5.92 Å². The first kappa shape index (κ1) is 10.2. The highest BCUT2D eigenvalue weighted by Gasteiger charge is 2.07. The first-order valence-electron chi connectivity index (χ1n) is 3.90. The maximum Gasteiger partial charge on any atom is 0.0416 e. The summed E-state index contributed by atoms with van der Waals surface area (Å²) in [6.45, 7) is 8.16. The molecular weight excluding hydrogens is 136 g/mol. The Labute approximate surface area is 69.2 Å². The molecule has 0 saturated heterocycles. The number of nitrogens with zero attached hydrogens (tertiary/aromatic N) is 1. The maximum atomic E-state index is 5.65. The zero-order valence-corrected chi connectivity index (χ0v) is 8.10. The molecule has 2 heteroatoms. The van der Waals surface area contributed by atoms with Crippen LogP contribution in [0.4, 0.5) is 0 Å². The summed E-state index contributed by atoms with van der Waals surface area (Å²) in [6.07, 6.45) is 0. The molecule has 2 nitrogen and oxygen atoms in total. The van der Waals surface area contributed by atoms with Crippen LogP contribution < -0.4 is 5.73 Å². The monoisotopic (exact) mass is 154 g/mol. The molecule has 0 rings (SSSR count). The number of hydrogen-bond acceptors (Lipinski definition) is 2. The molecule has 0 aromatic heterocycles. The molecule has 0 aliphatic carbocycles. The summed E-state index contributed by atoms with van der Waals surface area (Å²) in [7, 11) is 1.81. The molecule has 0 heterocycles. The molecule has 0 aromatic carbocycles. The van der Waals surface area contributed by atoms with Crippen molar-refractivity contribution in [2.24, 2.45) is 16.6 Å². The van der Waals surface area contributed by atoms with Crippen LogP contribution in [0.1, 0.15) is 27.7 Å². The van der Waals surface area contributed by atoms with Gasteiger partial charge in [0.05, 0.1) is 0 Å². The Balaban J connectivity index is 4.70. The van der Waals surface area contributed by atoms with Gasteiger partial charge in [-0.2, -0.15) is 0 Å². The van der Waals surface area contributed by atoms with Crippen LogP contribution in [0.2, 0.25) is 0 Å². The highest BCUT2D eigenvalue weighted by Crippen LogP contribution is 2.08. The number of allylic oxidation sites excluding steroid dienone is 2. The lowest BCUT2D eigenvalue weighted by Crippen LogP contribution is -2.12. The maximum absolute atomic E-state index is 5.65. The van der Waals surface area contributed by atoms with E-state index in [1.165, 1.54) is 0 Å². The van der Waals surface area contributed by atoms with Crippen molar-refractivity contribution in [2.75, 3.05) is 7.05 Å². The average Bonchev–Trinajstić information content (AvgIpc) is 1.88. The second-order valence-electron chi connectivity index (χ2n) is 3.07. The molecule has 0 fully saturated rings. The molecular formula is C9H18N2. The highest BCUT2D eigenvalue weighted by molar-refractivity contribution is 6.01. The van der Waals surface area contributed by atoms with E-state index in [9.17, 15) is 0 Å². The summed E-state index contributed by atoms with van der Waals surface area (Å²) >= 11 is 0. The van der Waals surface area contributed by atoms with Crippen LogP contribution in [0.3, 0.4) is 0 Å². The number of aliphatic imine (C=N–C) groups is 1. The Hall–Kier alpha value is -0.790. The summed E-state index contributed by atoms with van der Waals surface area (Å²) in [4.78, 5) is 4.19. The zero-order chi connectivity index (χ0) is 9.02. The second kappa shape index (κ2) is 4.16. The smallest absolute Gasteiger partial charge is 0.0416 e. The fraction of sp³-hybridized carbons (Fsp3) is 0.667. The molecule has 0 radical (unpaired) electrons. The molecule has 11 heavy (non-hydrogen) atoms. The molecule has 0 amide bonds. The van der Waals surface area contributed by atoms with Crippen LogP contribution in [0, 0.1) is 5.92 Å². The van der Waals surface area contributed by atoms with Crippen molar-refractivity contribution in [1.82, 2.24) is 0 Å². The largest absolute Gasteiger partial charge is 0.402 e. The topological polar surface area (TPSA) is 38.4 Å². The molecule has 0 spiro atoms. The van der Waals surface area contributed by atoms with Gasteiger partial charge in [0.15, 0.2) is 0 Å². The van der Waals surface area contributed by atoms with Crippen LogP contribution >= 0.6 is 0 Å². The van der Waals surface area contributed by atoms with Crippen molar-refractivity contribution < 1.29 is 0 Å². The molecule has 2 N–H and O–H groups in total. The number of rotatable bonds is 2. The molecule has 64 valence electrons. The lowest BCUT2D eigenvalue weighted by molar-refractivity contribution is 0.876. The standard InChI is InChI=1S/C9H18N2/c1-6(2)9(11-5)7(3)8(4)10/h6H,10H2,1-5H3/b8-7-,11-9?. The predicted octanol–water partition coefficient (Wildman–Crippen LogP) is 1.97. The van der Waals surface area contributed by atoms with E-state index >= 15 is 0 Å². The number of hydrogen-bond donors (Lipinski definition) is 1. The molecule has 0 aromatic rings. The van der Waals surface area contributed by atoms with Gasteiger partial charge in [-0.25, -0.2) is 0 Å². The third-order valence-corrected chi connectivity index (χ3v) is 1.76. The van der Waals surface area contributed by atoms with Gasteiger partial charge in [-0.1, -0.05) is 13.8 Å². The van der Waals surface area contributed by atoms with Crippen molar-refractivity contribution in [1.29, 1.82) is 0 Å². The molecule has 0 saturated carbocycles. The van der Waals surface area contributed by atoms with Crippen molar-refractivity contribution in [3.63, 3.8) is 0 Å². The Morgan fingerprint density at radius 2 is 1.73 bits per heavy atom. The van der Waals surface area contributed by atoms with Gasteiger partial charge in [-0.3, -0.25) is 4.99 Å². The summed E-state index contributed by atoms with van der Waals surface area (Å²) in [5, 5.41) is 0. The van der Waals surface area contributed by atoms with Gasteiger partial charge in [-0.05, 0) is 25.3 Å². The van der Waals surface area contributed by atoms with Crippen LogP contribution in [-0.4, -0.2) is 12.8 Å². The molecule has 0 bridgehead atoms. The quantitative estimate of drug-likeness (QED) is 0.607. The zero-order valence-electron chi connectivity index (χ0n) is 8.10. The van der Waals surface area contributed by atoms with Gasteiger partial charge in [0.1, 0.15) is 0 Å². The van der Waals surface area contributed by atoms with E-state index in [4.69, 9.17) is 5.73 Å². The van der Waals surface area contributed by atoms with Crippen LogP contribution in [-0.2, 0) is 0 Å². The van der Waals surface area contributed by atoms with Crippen LogP contribution in [0.25, 0.3) is 0 Å². The Kier molecular flexibility index (Phi) is 3.86. The Morgan fingerprint density at radius 3 is 1.82 bits per heavy atom. The first-order valence-corrected chi connectivity index (χ1v) is 3.90. The van der Waals surface area contributed by atoms with Crippen molar-refractivity contribution in [3.05, 3.63) is 11.3 Å². The summed E-state index contributed by atoms with van der Waals surface area (Å²) < 4.78 is 0. The lowest BCUT2D eigenvalue weighted by atomic mass is 10.00. The molecule has 0 unspecified atom stereocenters. The van der Waals surface area contributed by atoms with Gasteiger partial charge >= 0.3 is 0 Å². The van der Waals surface area contributed by atoms with E-state index in [0.717, 1.165) is 17.0 Å². The molecule has 0 aliphatic rings. The highest BCUT2D eigenvalue weighted by atomic mass is 14.7. The van der Waals surface area contributed by atoms with Gasteiger partial charge < -0.3 is 5.73 Å². The third-order valence-electron chi connectivity index (χ3n) is 1.76. The second-order valence-corrected chi connectivity index (χ2v) is 3.07. The normalized spacial score (nSPS) is 15.3. The average molecular weight is 154 g/mol. The Bertz CT molecular complexity index is 184. The predicted molar refractivity (Wildman–Crippen MR) is 50.8 cm³/mol. The van der Waals surface area contributed by atoms with Crippen LogP contribution in [0.15, 0.2) is 16.3 Å². The third kappa shape index (κ3) is 2.74. The molecule has 0 atom stereocenters. The van der Waals surface area contributed by atoms with Gasteiger partial charge in [0, 0.05) is 18.5 Å². The van der Waals surface area contributed by atoms with E-state index < -0.39 is 0 Å². The number of nitrogens with two attached hydrogens (primary N) is 1. The lowest BCUT2D eigenvalue weighted by Gasteiger charge is -2.10. The SMILES string of the molecule is CN=C(/C(C)=C(/C)N)C(C)C. The fourth-order valence-electron chi connectivity index (χ4n) is 1.06. The minimum absolute atomic E-state index is 0.457. The Morgan fingerprint density at radius 1 is 1.27 bits per heavy atom. The van der Waals surface area contributed by atoms with Gasteiger partial charge in [0.2, 0.25) is 0 Å². The summed E-state index contributed by atoms with van der Waals surface area (Å²) in [5.74, 6) is 0.457. The fourth-order valence-corrected chi connectivity index (χ4v) is 1.06. The minimum Gasteiger partial charge on any atom is -0.402 e. The van der Waals surface area contributed by atoms with Gasteiger partial charge in [0.25, 0.3) is 0 Å². The van der Waals surface area contributed by atoms with Crippen molar-refractivity contribution in [3.8, 4) is 0 Å². The van der Waals surface area contributed by atoms with Crippen molar-refractivity contribution in [2.45, 2.75) is 27.7 Å². The van der Waals surface area contributed by atoms with Crippen LogP contribution in [0.5, 0.6) is 0 Å². The van der Waals surface area contributed by atoms with Gasteiger partial charge in [-0.15, -0.1) is 0 Å². The van der Waals surface area contributed by atoms with E-state index in [1.54, 1.807) is 0 Å². The van der Waals surface area contributed by atoms with E-state index in [1.807, 2.05) is 20.9 Å². The van der Waals surface area contributed by atoms with E-state index in [2.05, 4.69) is 18.8 Å². The van der Waals surface area contributed by atoms with Crippen molar-refractivity contribution >= 4 is 5.71 Å². The van der Waals surface area contributed by atoms with E-state index in [-0.39, 0.29) is 0 Å².